The Labute approximate surface area is 193 Å². The fourth-order valence-corrected chi connectivity index (χ4v) is 3.39. The summed E-state index contributed by atoms with van der Waals surface area (Å²) in [6.45, 7) is 0. The summed E-state index contributed by atoms with van der Waals surface area (Å²) in [4.78, 5) is 0. The monoisotopic (exact) mass is 466 g/mol. The maximum absolute atomic E-state index is 3.44. The Hall–Kier alpha value is -1.53. The molecule has 4 aromatic rings. The number of hydrogen-bond acceptors (Lipinski definition) is 0. The van der Waals surface area contributed by atoms with E-state index in [4.69, 9.17) is 0 Å². The van der Waals surface area contributed by atoms with E-state index < -0.39 is 0 Å². The Balaban J connectivity index is 0.000000402. The Morgan fingerprint density at radius 1 is 0.667 bits per heavy atom. The van der Waals surface area contributed by atoms with Crippen LogP contribution in [0.15, 0.2) is 103 Å². The van der Waals surface area contributed by atoms with Crippen LogP contribution in [0.5, 0.6) is 0 Å². The van der Waals surface area contributed by atoms with E-state index in [0.717, 1.165) is 0 Å². The quantitative estimate of drug-likeness (QED) is 0.306. The molecule has 5 rings (SSSR count). The van der Waals surface area contributed by atoms with Crippen molar-refractivity contribution in [3.8, 4) is 11.1 Å². The van der Waals surface area contributed by atoms with E-state index in [9.17, 15) is 0 Å². The maximum Gasteiger partial charge on any atom is 4.00 e. The molecule has 0 spiro atoms. The smallest absolute Gasteiger partial charge is 1.00 e. The summed E-state index contributed by atoms with van der Waals surface area (Å²) in [6, 6.07) is 39.1. The third kappa shape index (κ3) is 5.05. The SMILES string of the molecule is [Cl-].[Cl-].[Zr+4].[c-]1cccc2c1C(c1ccccc1)c1ccccc1-2.c1cc[cH-]c1. The molecule has 0 saturated carbocycles. The Morgan fingerprint density at radius 3 is 1.96 bits per heavy atom. The van der Waals surface area contributed by atoms with Gasteiger partial charge in [-0.15, -0.1) is 11.1 Å². The predicted molar refractivity (Wildman–Crippen MR) is 100 cm³/mol. The summed E-state index contributed by atoms with van der Waals surface area (Å²) in [5, 5.41) is 0. The number of fused-ring (bicyclic) bond motifs is 3. The summed E-state index contributed by atoms with van der Waals surface area (Å²) in [7, 11) is 0. The molecule has 0 fully saturated rings. The minimum Gasteiger partial charge on any atom is -1.00 e. The average Bonchev–Trinajstić information content (AvgIpc) is 3.33. The molecule has 1 aliphatic rings. The van der Waals surface area contributed by atoms with E-state index in [-0.39, 0.29) is 51.0 Å². The summed E-state index contributed by atoms with van der Waals surface area (Å²) >= 11 is 0. The fraction of sp³-hybridized carbons (Fsp3) is 0.0417. The van der Waals surface area contributed by atoms with Gasteiger partial charge in [0.25, 0.3) is 0 Å². The van der Waals surface area contributed by atoms with E-state index in [1.807, 2.05) is 36.4 Å². The molecule has 0 saturated heterocycles. The zero-order chi connectivity index (χ0) is 16.2. The van der Waals surface area contributed by atoms with Crippen molar-refractivity contribution in [2.45, 2.75) is 5.92 Å². The van der Waals surface area contributed by atoms with Gasteiger partial charge in [-0.1, -0.05) is 60.2 Å². The minimum absolute atomic E-state index is 0. The first-order valence-corrected chi connectivity index (χ1v) is 8.26. The third-order valence-electron chi connectivity index (χ3n) is 4.43. The molecule has 0 N–H and O–H groups in total. The maximum atomic E-state index is 3.44. The van der Waals surface area contributed by atoms with Crippen molar-refractivity contribution in [3.63, 3.8) is 0 Å². The van der Waals surface area contributed by atoms with E-state index in [1.54, 1.807) is 0 Å². The molecule has 0 aromatic heterocycles. The van der Waals surface area contributed by atoms with Crippen LogP contribution in [0, 0.1) is 6.07 Å². The predicted octanol–water partition coefficient (Wildman–Crippen LogP) is 0.0584. The van der Waals surface area contributed by atoms with Gasteiger partial charge in [0.2, 0.25) is 0 Å². The van der Waals surface area contributed by atoms with E-state index >= 15 is 0 Å². The fourth-order valence-electron chi connectivity index (χ4n) is 3.39. The van der Waals surface area contributed by atoms with Gasteiger partial charge in [-0.05, 0) is 11.1 Å². The molecule has 0 nitrogen and oxygen atoms in total. The van der Waals surface area contributed by atoms with Crippen LogP contribution in [0.3, 0.4) is 0 Å². The third-order valence-corrected chi connectivity index (χ3v) is 4.43. The van der Waals surface area contributed by atoms with Crippen LogP contribution in [-0.2, 0) is 26.2 Å². The van der Waals surface area contributed by atoms with Crippen molar-refractivity contribution < 1.29 is 51.0 Å². The average molecular weight is 469 g/mol. The van der Waals surface area contributed by atoms with E-state index in [2.05, 4.69) is 72.8 Å². The Bertz CT molecular complexity index is 855. The zero-order valence-corrected chi connectivity index (χ0v) is 18.6. The molecule has 0 heterocycles. The molecule has 0 bridgehead atoms. The standard InChI is InChI=1S/C19H13.C5H5.2ClH.Zr/c1-2-8-14(9-3-1)19-17-12-6-4-10-15(17)16-11-5-7-13-18(16)19;1-2-4-5-3-1;;;/h1-12,19H;1-5H;2*1H;/q2*-1;;;+4/p-2. The van der Waals surface area contributed by atoms with Gasteiger partial charge in [0.1, 0.15) is 0 Å². The minimum atomic E-state index is 0. The van der Waals surface area contributed by atoms with Gasteiger partial charge in [-0.3, -0.25) is 0 Å². The number of benzene rings is 3. The molecular weight excluding hydrogens is 450 g/mol. The van der Waals surface area contributed by atoms with Gasteiger partial charge in [-0.25, -0.2) is 12.1 Å². The first kappa shape index (κ1) is 23.5. The van der Waals surface area contributed by atoms with E-state index in [0.29, 0.717) is 5.92 Å². The second-order valence-electron chi connectivity index (χ2n) is 5.89. The summed E-state index contributed by atoms with van der Waals surface area (Å²) < 4.78 is 0. The normalized spacial score (nSPS) is 12.7. The Morgan fingerprint density at radius 2 is 1.30 bits per heavy atom. The van der Waals surface area contributed by atoms with Crippen molar-refractivity contribution >= 4 is 0 Å². The number of halogens is 2. The zero-order valence-electron chi connectivity index (χ0n) is 14.6. The van der Waals surface area contributed by atoms with Gasteiger partial charge in [-0.2, -0.15) is 42.5 Å². The summed E-state index contributed by atoms with van der Waals surface area (Å²) in [5.41, 5.74) is 6.72. The summed E-state index contributed by atoms with van der Waals surface area (Å²) in [6.07, 6.45) is 0. The first-order valence-electron chi connectivity index (χ1n) is 8.26. The van der Waals surface area contributed by atoms with E-state index in [1.165, 1.54) is 27.8 Å². The van der Waals surface area contributed by atoms with Gasteiger partial charge in [0.05, 0.1) is 0 Å². The van der Waals surface area contributed by atoms with Crippen molar-refractivity contribution in [2.75, 3.05) is 0 Å². The van der Waals surface area contributed by atoms with Crippen LogP contribution < -0.4 is 24.8 Å². The summed E-state index contributed by atoms with van der Waals surface area (Å²) in [5.74, 6) is 0.327. The molecule has 1 aliphatic carbocycles. The topological polar surface area (TPSA) is 0 Å². The molecule has 1 unspecified atom stereocenters. The van der Waals surface area contributed by atoms with Gasteiger partial charge < -0.3 is 24.8 Å². The second kappa shape index (κ2) is 11.3. The van der Waals surface area contributed by atoms with Gasteiger partial charge in [0, 0.05) is 5.92 Å². The molecule has 132 valence electrons. The van der Waals surface area contributed by atoms with Crippen LogP contribution in [-0.4, -0.2) is 0 Å². The van der Waals surface area contributed by atoms with Gasteiger partial charge >= 0.3 is 26.2 Å². The largest absolute Gasteiger partial charge is 4.00 e. The van der Waals surface area contributed by atoms with Gasteiger partial charge in [0.15, 0.2) is 0 Å². The van der Waals surface area contributed by atoms with Crippen LogP contribution in [0.4, 0.5) is 0 Å². The van der Waals surface area contributed by atoms with Crippen molar-refractivity contribution in [1.29, 1.82) is 0 Å². The number of hydrogen-bond donors (Lipinski definition) is 0. The second-order valence-corrected chi connectivity index (χ2v) is 5.89. The number of rotatable bonds is 1. The molecule has 3 heteroatoms. The van der Waals surface area contributed by atoms with Crippen molar-refractivity contribution in [1.82, 2.24) is 0 Å². The van der Waals surface area contributed by atoms with Crippen molar-refractivity contribution in [2.24, 2.45) is 0 Å². The molecule has 27 heavy (non-hydrogen) atoms. The molecule has 4 aromatic carbocycles. The van der Waals surface area contributed by atoms with Crippen LogP contribution in [0.2, 0.25) is 0 Å². The van der Waals surface area contributed by atoms with Crippen LogP contribution in [0.25, 0.3) is 11.1 Å². The van der Waals surface area contributed by atoms with Crippen LogP contribution >= 0.6 is 0 Å². The van der Waals surface area contributed by atoms with Crippen molar-refractivity contribution in [3.05, 3.63) is 126 Å². The molecular formula is C24H18Cl2Zr. The molecule has 0 radical (unpaired) electrons. The Kier molecular flexibility index (Phi) is 9.88. The molecule has 1 atom stereocenters. The van der Waals surface area contributed by atoms with Crippen LogP contribution in [0.1, 0.15) is 22.6 Å². The molecule has 0 amide bonds. The molecule has 0 aliphatic heterocycles. The first-order chi connectivity index (χ1) is 11.9.